The summed E-state index contributed by atoms with van der Waals surface area (Å²) in [7, 11) is 0. The molecule has 0 saturated carbocycles. The highest BCUT2D eigenvalue weighted by Gasteiger charge is 2.40. The Morgan fingerprint density at radius 3 is 1.42 bits per heavy atom. The van der Waals surface area contributed by atoms with Crippen LogP contribution in [0.4, 0.5) is 0 Å². The summed E-state index contributed by atoms with van der Waals surface area (Å²) in [6.07, 6.45) is 1.30. The zero-order valence-electron chi connectivity index (χ0n) is 21.1. The van der Waals surface area contributed by atoms with Crippen LogP contribution in [-0.4, -0.2) is 72.3 Å². The lowest BCUT2D eigenvalue weighted by Crippen LogP contribution is -2.60. The molecule has 0 aliphatic carbocycles. The minimum atomic E-state index is -1.22. The number of hydrogen-bond donors (Lipinski definition) is 4. The molecule has 0 bridgehead atoms. The number of rotatable bonds is 6. The van der Waals surface area contributed by atoms with Crippen molar-refractivity contribution in [3.8, 4) is 0 Å². The van der Waals surface area contributed by atoms with E-state index in [1.54, 1.807) is 13.8 Å². The van der Waals surface area contributed by atoms with Crippen LogP contribution in [-0.2, 0) is 12.8 Å². The van der Waals surface area contributed by atoms with Gasteiger partial charge in [0.2, 0.25) is 11.1 Å². The van der Waals surface area contributed by atoms with Gasteiger partial charge in [-0.3, -0.25) is 20.2 Å². The molecule has 0 aromatic heterocycles. The van der Waals surface area contributed by atoms with E-state index < -0.39 is 11.1 Å². The standard InChI is InChI=1S/C26H38N6O4/c1-25(31(33)34)17-27-15-23(13-21-9-5-3-6-10-21)29-19-26(2,32(35)36)20-30-24(16-28-18-25)14-22-11-7-4-8-12-22/h3-12,23-24,27-30H,13-20H2,1-2H3. The van der Waals surface area contributed by atoms with E-state index in [1.165, 1.54) is 0 Å². The number of hydrogen-bond acceptors (Lipinski definition) is 8. The van der Waals surface area contributed by atoms with E-state index in [0.29, 0.717) is 25.9 Å². The van der Waals surface area contributed by atoms with Crippen LogP contribution in [0.2, 0.25) is 0 Å². The van der Waals surface area contributed by atoms with Gasteiger partial charge in [0, 0.05) is 48.9 Å². The van der Waals surface area contributed by atoms with Gasteiger partial charge in [0.15, 0.2) is 0 Å². The molecule has 10 heteroatoms. The van der Waals surface area contributed by atoms with Crippen LogP contribution in [0.3, 0.4) is 0 Å². The van der Waals surface area contributed by atoms with Crippen molar-refractivity contribution in [3.63, 3.8) is 0 Å². The second kappa shape index (κ2) is 12.9. The molecular weight excluding hydrogens is 460 g/mol. The van der Waals surface area contributed by atoms with Crippen LogP contribution >= 0.6 is 0 Å². The molecule has 1 aliphatic rings. The minimum absolute atomic E-state index is 0.126. The quantitative estimate of drug-likeness (QED) is 0.349. The van der Waals surface area contributed by atoms with Crippen molar-refractivity contribution in [2.45, 2.75) is 49.9 Å². The molecule has 3 rings (SSSR count). The highest BCUT2D eigenvalue weighted by atomic mass is 16.6. The summed E-state index contributed by atoms with van der Waals surface area (Å²) in [6.45, 7) is 4.91. The minimum Gasteiger partial charge on any atom is -0.309 e. The summed E-state index contributed by atoms with van der Waals surface area (Å²) in [6, 6.07) is 19.5. The molecule has 2 aromatic rings. The van der Waals surface area contributed by atoms with Crippen LogP contribution in [0.5, 0.6) is 0 Å². The summed E-state index contributed by atoms with van der Waals surface area (Å²) in [4.78, 5) is 23.6. The van der Waals surface area contributed by atoms with E-state index in [4.69, 9.17) is 0 Å². The predicted octanol–water partition coefficient (Wildman–Crippen LogP) is 1.65. The lowest BCUT2D eigenvalue weighted by Gasteiger charge is -2.30. The number of nitrogens with zero attached hydrogens (tertiary/aromatic N) is 2. The Labute approximate surface area is 212 Å². The van der Waals surface area contributed by atoms with Gasteiger partial charge in [0.25, 0.3) is 0 Å². The Balaban J connectivity index is 1.81. The molecule has 1 aliphatic heterocycles. The SMILES string of the molecule is CC1([N+](=O)[O-])CNCC(Cc2ccccc2)NCC(C)([N+](=O)[O-])CNC(Cc2ccccc2)CNC1. The second-order valence-electron chi connectivity index (χ2n) is 10.3. The summed E-state index contributed by atoms with van der Waals surface area (Å²) < 4.78 is 0. The highest BCUT2D eigenvalue weighted by molar-refractivity contribution is 5.17. The van der Waals surface area contributed by atoms with Gasteiger partial charge in [-0.25, -0.2) is 0 Å². The third kappa shape index (κ3) is 8.06. The number of nitro groups is 2. The third-order valence-corrected chi connectivity index (χ3v) is 6.87. The van der Waals surface area contributed by atoms with Crippen molar-refractivity contribution in [3.05, 3.63) is 92.0 Å². The average molecular weight is 499 g/mol. The normalized spacial score (nSPS) is 28.6. The smallest absolute Gasteiger partial charge is 0.243 e. The van der Waals surface area contributed by atoms with Crippen LogP contribution in [0.25, 0.3) is 0 Å². The lowest BCUT2D eigenvalue weighted by molar-refractivity contribution is -0.561. The highest BCUT2D eigenvalue weighted by Crippen LogP contribution is 2.13. The maximum Gasteiger partial charge on any atom is 0.243 e. The Kier molecular flexibility index (Phi) is 9.89. The van der Waals surface area contributed by atoms with E-state index in [-0.39, 0.29) is 48.1 Å². The second-order valence-corrected chi connectivity index (χ2v) is 10.3. The van der Waals surface area contributed by atoms with Crippen molar-refractivity contribution in [1.29, 1.82) is 0 Å². The first-order chi connectivity index (χ1) is 17.2. The molecule has 0 amide bonds. The molecular formula is C26H38N6O4. The van der Waals surface area contributed by atoms with Gasteiger partial charge in [-0.1, -0.05) is 60.7 Å². The van der Waals surface area contributed by atoms with Crippen molar-refractivity contribution < 1.29 is 9.85 Å². The van der Waals surface area contributed by atoms with E-state index in [2.05, 4.69) is 21.3 Å². The molecule has 36 heavy (non-hydrogen) atoms. The molecule has 2 atom stereocenters. The van der Waals surface area contributed by atoms with Gasteiger partial charge in [-0.15, -0.1) is 0 Å². The van der Waals surface area contributed by atoms with Crippen LogP contribution in [0.1, 0.15) is 25.0 Å². The molecule has 10 nitrogen and oxygen atoms in total. The number of benzene rings is 2. The van der Waals surface area contributed by atoms with Crippen molar-refractivity contribution in [2.24, 2.45) is 0 Å². The molecule has 4 N–H and O–H groups in total. The molecule has 0 radical (unpaired) electrons. The van der Waals surface area contributed by atoms with Gasteiger partial charge < -0.3 is 21.3 Å². The van der Waals surface area contributed by atoms with Gasteiger partial charge in [-0.05, 0) is 24.0 Å². The summed E-state index contributed by atoms with van der Waals surface area (Å²) in [5.74, 6) is 0. The zero-order chi connectivity index (χ0) is 26.0. The average Bonchev–Trinajstić information content (AvgIpc) is 2.86. The van der Waals surface area contributed by atoms with Gasteiger partial charge in [-0.2, -0.15) is 0 Å². The van der Waals surface area contributed by atoms with Gasteiger partial charge in [0.05, 0.1) is 26.2 Å². The van der Waals surface area contributed by atoms with Gasteiger partial charge >= 0.3 is 0 Å². The lowest BCUT2D eigenvalue weighted by atomic mass is 9.98. The monoisotopic (exact) mass is 498 g/mol. The Morgan fingerprint density at radius 2 is 1.06 bits per heavy atom. The fourth-order valence-corrected chi connectivity index (χ4v) is 4.37. The first-order valence-corrected chi connectivity index (χ1v) is 12.5. The first-order valence-electron chi connectivity index (χ1n) is 12.5. The van der Waals surface area contributed by atoms with Crippen molar-refractivity contribution in [2.75, 3.05) is 39.3 Å². The Bertz CT molecular complexity index is 915. The van der Waals surface area contributed by atoms with Crippen LogP contribution in [0.15, 0.2) is 60.7 Å². The Morgan fingerprint density at radius 1 is 0.694 bits per heavy atom. The first kappa shape index (κ1) is 27.7. The van der Waals surface area contributed by atoms with E-state index >= 15 is 0 Å². The third-order valence-electron chi connectivity index (χ3n) is 6.87. The summed E-state index contributed by atoms with van der Waals surface area (Å²) in [5, 5.41) is 37.4. The molecule has 2 unspecified atom stereocenters. The van der Waals surface area contributed by atoms with Crippen LogP contribution < -0.4 is 21.3 Å². The predicted molar refractivity (Wildman–Crippen MR) is 140 cm³/mol. The maximum absolute atomic E-state index is 12.1. The summed E-state index contributed by atoms with van der Waals surface area (Å²) >= 11 is 0. The summed E-state index contributed by atoms with van der Waals surface area (Å²) in [5.41, 5.74) is -0.210. The molecule has 0 spiro atoms. The van der Waals surface area contributed by atoms with Crippen molar-refractivity contribution >= 4 is 0 Å². The fraction of sp³-hybridized carbons (Fsp3) is 0.538. The fourth-order valence-electron chi connectivity index (χ4n) is 4.37. The molecule has 2 aromatic carbocycles. The van der Waals surface area contributed by atoms with Gasteiger partial charge in [0.1, 0.15) is 0 Å². The zero-order valence-corrected chi connectivity index (χ0v) is 21.1. The largest absolute Gasteiger partial charge is 0.309 e. The van der Waals surface area contributed by atoms with Crippen LogP contribution in [0, 0.1) is 20.2 Å². The molecule has 1 fully saturated rings. The van der Waals surface area contributed by atoms with Crippen molar-refractivity contribution in [1.82, 2.24) is 21.3 Å². The molecule has 196 valence electrons. The molecule has 1 saturated heterocycles. The Hall–Kier alpha value is -2.92. The van der Waals surface area contributed by atoms with E-state index in [9.17, 15) is 20.2 Å². The van der Waals surface area contributed by atoms with E-state index in [0.717, 1.165) is 11.1 Å². The van der Waals surface area contributed by atoms with E-state index in [1.807, 2.05) is 60.7 Å². The maximum atomic E-state index is 12.1. The molecule has 1 heterocycles. The number of nitrogens with one attached hydrogen (secondary N) is 4. The topological polar surface area (TPSA) is 134 Å².